The summed E-state index contributed by atoms with van der Waals surface area (Å²) in [6.07, 6.45) is 5.58. The zero-order valence-electron chi connectivity index (χ0n) is 18.2. The van der Waals surface area contributed by atoms with Crippen LogP contribution in [0.4, 0.5) is 0 Å². The Morgan fingerprint density at radius 1 is 1.14 bits per heavy atom. The molecule has 0 spiro atoms. The van der Waals surface area contributed by atoms with Gasteiger partial charge in [0.25, 0.3) is 0 Å². The molecule has 0 bridgehead atoms. The monoisotopic (exact) mass is 398 g/mol. The van der Waals surface area contributed by atoms with E-state index >= 15 is 0 Å². The van der Waals surface area contributed by atoms with E-state index in [1.54, 1.807) is 0 Å². The van der Waals surface area contributed by atoms with Crippen molar-refractivity contribution in [3.63, 3.8) is 0 Å². The number of unbranched alkanes of at least 4 members (excludes halogenated alkanes) is 2. The molecule has 4 N–H and O–H groups in total. The Morgan fingerprint density at radius 2 is 1.89 bits per heavy atom. The van der Waals surface area contributed by atoms with Crippen LogP contribution in [0.5, 0.6) is 0 Å². The maximum Gasteiger partial charge on any atom is 0.237 e. The number of amides is 1. The highest BCUT2D eigenvalue weighted by atomic mass is 16.5. The molecule has 0 aromatic rings. The van der Waals surface area contributed by atoms with Gasteiger partial charge in [0, 0.05) is 6.42 Å². The van der Waals surface area contributed by atoms with Gasteiger partial charge in [0.1, 0.15) is 12.2 Å². The van der Waals surface area contributed by atoms with E-state index in [2.05, 4.69) is 24.5 Å². The summed E-state index contributed by atoms with van der Waals surface area (Å²) in [5.41, 5.74) is 0. The number of aliphatic hydroxyl groups excluding tert-OH is 2. The molecule has 2 aliphatic heterocycles. The molecule has 0 saturated carbocycles. The molecular formula is C22H42N2O4. The molecule has 7 atom stereocenters. The lowest BCUT2D eigenvalue weighted by atomic mass is 9.87. The third-order valence-electron chi connectivity index (χ3n) is 6.33. The van der Waals surface area contributed by atoms with Gasteiger partial charge in [-0.15, -0.1) is 0 Å². The topological polar surface area (TPSA) is 90.8 Å². The van der Waals surface area contributed by atoms with Crippen molar-refractivity contribution in [3.05, 3.63) is 0 Å². The zero-order chi connectivity index (χ0) is 20.7. The quantitative estimate of drug-likeness (QED) is 0.424. The van der Waals surface area contributed by atoms with Crippen LogP contribution in [0.1, 0.15) is 79.1 Å². The molecule has 2 saturated heterocycles. The van der Waals surface area contributed by atoms with E-state index in [9.17, 15) is 15.0 Å². The van der Waals surface area contributed by atoms with Gasteiger partial charge in [0.2, 0.25) is 5.91 Å². The maximum absolute atomic E-state index is 12.9. The number of ether oxygens (including phenoxy) is 1. The lowest BCUT2D eigenvalue weighted by Gasteiger charge is -2.42. The molecule has 0 aromatic carbocycles. The summed E-state index contributed by atoms with van der Waals surface area (Å²) >= 11 is 0. The van der Waals surface area contributed by atoms with E-state index in [0.29, 0.717) is 12.3 Å². The van der Waals surface area contributed by atoms with E-state index < -0.39 is 18.3 Å². The van der Waals surface area contributed by atoms with Crippen LogP contribution in [0.3, 0.4) is 0 Å². The summed E-state index contributed by atoms with van der Waals surface area (Å²) in [5, 5.41) is 27.3. The fourth-order valence-electron chi connectivity index (χ4n) is 4.60. The Hall–Kier alpha value is -0.690. The van der Waals surface area contributed by atoms with Crippen molar-refractivity contribution < 1.29 is 19.7 Å². The van der Waals surface area contributed by atoms with Crippen LogP contribution < -0.4 is 10.6 Å². The van der Waals surface area contributed by atoms with Gasteiger partial charge >= 0.3 is 0 Å². The highest BCUT2D eigenvalue weighted by Gasteiger charge is 2.43. The number of rotatable bonds is 10. The predicted octanol–water partition coefficient (Wildman–Crippen LogP) is 2.36. The number of carbonyl (C=O) groups excluding carboxylic acids is 1. The van der Waals surface area contributed by atoms with Crippen molar-refractivity contribution in [2.24, 2.45) is 11.8 Å². The second kappa shape index (κ2) is 11.5. The van der Waals surface area contributed by atoms with Crippen molar-refractivity contribution >= 4 is 5.91 Å². The molecule has 0 aliphatic carbocycles. The van der Waals surface area contributed by atoms with Gasteiger partial charge in [-0.3, -0.25) is 4.79 Å². The van der Waals surface area contributed by atoms with Gasteiger partial charge in [0.05, 0.1) is 24.3 Å². The highest BCUT2D eigenvalue weighted by molar-refractivity contribution is 5.82. The first-order valence-corrected chi connectivity index (χ1v) is 11.4. The third-order valence-corrected chi connectivity index (χ3v) is 6.33. The number of carbonyl (C=O) groups is 1. The normalized spacial score (nSPS) is 34.5. The van der Waals surface area contributed by atoms with E-state index in [1.165, 1.54) is 25.7 Å². The van der Waals surface area contributed by atoms with Crippen molar-refractivity contribution in [1.29, 1.82) is 0 Å². The van der Waals surface area contributed by atoms with Crippen LogP contribution in [0.25, 0.3) is 0 Å². The number of nitrogens with one attached hydrogen (secondary N) is 2. The van der Waals surface area contributed by atoms with Gasteiger partial charge in [-0.05, 0) is 37.6 Å². The average Bonchev–Trinajstić information content (AvgIpc) is 3.12. The molecule has 1 amide bonds. The van der Waals surface area contributed by atoms with Crippen LogP contribution >= 0.6 is 0 Å². The molecule has 164 valence electrons. The minimum absolute atomic E-state index is 0.0143. The van der Waals surface area contributed by atoms with Gasteiger partial charge < -0.3 is 25.6 Å². The zero-order valence-corrected chi connectivity index (χ0v) is 18.2. The molecule has 2 heterocycles. The molecule has 6 nitrogen and oxygen atoms in total. The van der Waals surface area contributed by atoms with Crippen molar-refractivity contribution in [1.82, 2.24) is 10.6 Å². The molecule has 0 aromatic heterocycles. The van der Waals surface area contributed by atoms with Crippen LogP contribution in [0.15, 0.2) is 0 Å². The van der Waals surface area contributed by atoms with Crippen LogP contribution in [-0.2, 0) is 9.53 Å². The fraction of sp³-hybridized carbons (Fsp3) is 0.955. The number of aliphatic hydroxyl groups is 2. The van der Waals surface area contributed by atoms with Crippen molar-refractivity contribution in [2.45, 2.75) is 116 Å². The van der Waals surface area contributed by atoms with E-state index in [-0.39, 0.29) is 30.0 Å². The average molecular weight is 399 g/mol. The molecule has 28 heavy (non-hydrogen) atoms. The Bertz CT molecular complexity index is 473. The minimum Gasteiger partial charge on any atom is -0.390 e. The van der Waals surface area contributed by atoms with E-state index in [4.69, 9.17) is 4.74 Å². The van der Waals surface area contributed by atoms with Gasteiger partial charge in [-0.1, -0.05) is 53.4 Å². The lowest BCUT2D eigenvalue weighted by Crippen LogP contribution is -2.61. The van der Waals surface area contributed by atoms with Crippen molar-refractivity contribution in [2.75, 3.05) is 6.54 Å². The lowest BCUT2D eigenvalue weighted by molar-refractivity contribution is -0.184. The van der Waals surface area contributed by atoms with Crippen molar-refractivity contribution in [3.8, 4) is 0 Å². The number of hydrogen-bond donors (Lipinski definition) is 4. The van der Waals surface area contributed by atoms with E-state index in [0.717, 1.165) is 25.8 Å². The molecule has 6 heteroatoms. The highest BCUT2D eigenvalue weighted by Crippen LogP contribution is 2.28. The summed E-state index contributed by atoms with van der Waals surface area (Å²) in [4.78, 5) is 12.9. The van der Waals surface area contributed by atoms with Gasteiger partial charge in [0.15, 0.2) is 0 Å². The Labute approximate surface area is 170 Å². The molecule has 2 rings (SSSR count). The largest absolute Gasteiger partial charge is 0.390 e. The Kier molecular flexibility index (Phi) is 9.67. The summed E-state index contributed by atoms with van der Waals surface area (Å²) in [6.45, 7) is 9.23. The first kappa shape index (κ1) is 23.6. The summed E-state index contributed by atoms with van der Waals surface area (Å²) in [5.74, 6) is 0.643. The van der Waals surface area contributed by atoms with E-state index in [1.807, 2.05) is 13.8 Å². The third kappa shape index (κ3) is 6.41. The Balaban J connectivity index is 1.95. The predicted molar refractivity (Wildman–Crippen MR) is 111 cm³/mol. The van der Waals surface area contributed by atoms with Crippen LogP contribution in [0.2, 0.25) is 0 Å². The summed E-state index contributed by atoms with van der Waals surface area (Å²) in [6, 6.07) is -0.497. The smallest absolute Gasteiger partial charge is 0.237 e. The fourth-order valence-corrected chi connectivity index (χ4v) is 4.60. The van der Waals surface area contributed by atoms with Crippen LogP contribution in [-0.4, -0.2) is 59.2 Å². The minimum atomic E-state index is -0.973. The molecule has 0 radical (unpaired) electrons. The van der Waals surface area contributed by atoms with Crippen LogP contribution in [0, 0.1) is 11.8 Å². The Morgan fingerprint density at radius 3 is 2.54 bits per heavy atom. The summed E-state index contributed by atoms with van der Waals surface area (Å²) < 4.78 is 6.14. The molecular weight excluding hydrogens is 356 g/mol. The number of hydrogen-bond acceptors (Lipinski definition) is 5. The molecule has 2 fully saturated rings. The second-order valence-corrected chi connectivity index (χ2v) is 9.14. The standard InChI is InChI=1S/C22H42N2O4/c1-5-7-8-10-15-11-17(23-13-15)22(27)24-19(14(3)4)21-20(26)18(25)12-16(28-21)9-6-2/h14-21,23,25-26H,5-13H2,1-4H3,(H,24,27). The first-order chi connectivity index (χ1) is 13.4. The second-order valence-electron chi connectivity index (χ2n) is 9.14. The first-order valence-electron chi connectivity index (χ1n) is 11.4. The van der Waals surface area contributed by atoms with Gasteiger partial charge in [-0.25, -0.2) is 0 Å². The maximum atomic E-state index is 12.9. The SMILES string of the molecule is CCCCCC1CNC(C(=O)NC(C(C)C)C2OC(CCC)CC(O)C2O)C1. The molecule has 2 aliphatic rings. The molecule has 7 unspecified atom stereocenters. The summed E-state index contributed by atoms with van der Waals surface area (Å²) in [7, 11) is 0. The van der Waals surface area contributed by atoms with Gasteiger partial charge in [-0.2, -0.15) is 0 Å².